The van der Waals surface area contributed by atoms with Crippen molar-refractivity contribution in [2.24, 2.45) is 0 Å². The summed E-state index contributed by atoms with van der Waals surface area (Å²) in [5.41, 5.74) is -0.287. The number of nitrogens with one attached hydrogen (secondary N) is 1. The highest BCUT2D eigenvalue weighted by Gasteiger charge is 2.32. The van der Waals surface area contributed by atoms with E-state index in [-0.39, 0.29) is 22.4 Å². The SMILES string of the molecule is COc1ccc(S(=O)(=O)N2CCN([C@@H](C)C(=O)NC(C)(C)C)CC2)cc1. The van der Waals surface area contributed by atoms with Crippen molar-refractivity contribution < 1.29 is 17.9 Å². The number of sulfonamides is 1. The summed E-state index contributed by atoms with van der Waals surface area (Å²) < 4.78 is 32.1. The van der Waals surface area contributed by atoms with Gasteiger partial charge < -0.3 is 10.1 Å². The molecule has 0 aromatic heterocycles. The molecule has 1 aliphatic heterocycles. The minimum Gasteiger partial charge on any atom is -0.497 e. The van der Waals surface area contributed by atoms with Crippen LogP contribution in [0.5, 0.6) is 5.75 Å². The van der Waals surface area contributed by atoms with Crippen LogP contribution in [0.25, 0.3) is 0 Å². The van der Waals surface area contributed by atoms with E-state index in [1.807, 2.05) is 32.6 Å². The number of benzene rings is 1. The Bertz CT molecular complexity index is 718. The van der Waals surface area contributed by atoms with Crippen molar-refractivity contribution in [3.8, 4) is 5.75 Å². The Kier molecular flexibility index (Phi) is 6.31. The standard InChI is InChI=1S/C18H29N3O4S/c1-14(17(22)19-18(2,3)4)20-10-12-21(13-11-20)26(23,24)16-8-6-15(25-5)7-9-16/h6-9,14H,10-13H2,1-5H3,(H,19,22)/t14-/m0/s1. The second-order valence-electron chi connectivity index (χ2n) is 7.53. The first-order valence-electron chi connectivity index (χ1n) is 8.75. The van der Waals surface area contributed by atoms with Crippen molar-refractivity contribution in [3.63, 3.8) is 0 Å². The molecule has 0 unspecified atom stereocenters. The van der Waals surface area contributed by atoms with Crippen LogP contribution in [0.15, 0.2) is 29.2 Å². The first kappa shape index (κ1) is 20.7. The third-order valence-corrected chi connectivity index (χ3v) is 6.31. The number of ether oxygens (including phenoxy) is 1. The summed E-state index contributed by atoms with van der Waals surface area (Å²) in [6, 6.07) is 6.10. The van der Waals surface area contributed by atoms with Crippen LogP contribution in [0.3, 0.4) is 0 Å². The topological polar surface area (TPSA) is 79.0 Å². The Morgan fingerprint density at radius 1 is 1.12 bits per heavy atom. The first-order chi connectivity index (χ1) is 12.0. The smallest absolute Gasteiger partial charge is 0.243 e. The Hall–Kier alpha value is -1.64. The second kappa shape index (κ2) is 7.94. The molecule has 1 aromatic carbocycles. The van der Waals surface area contributed by atoms with Crippen molar-refractivity contribution in [1.29, 1.82) is 0 Å². The zero-order valence-corrected chi connectivity index (χ0v) is 17.0. The number of hydrogen-bond acceptors (Lipinski definition) is 5. The highest BCUT2D eigenvalue weighted by Crippen LogP contribution is 2.21. The zero-order valence-electron chi connectivity index (χ0n) is 16.2. The van der Waals surface area contributed by atoms with Crippen LogP contribution in [-0.4, -0.2) is 68.4 Å². The highest BCUT2D eigenvalue weighted by atomic mass is 32.2. The minimum atomic E-state index is -3.53. The monoisotopic (exact) mass is 383 g/mol. The zero-order chi connectivity index (χ0) is 19.5. The van der Waals surface area contributed by atoms with Crippen LogP contribution in [-0.2, 0) is 14.8 Å². The number of nitrogens with zero attached hydrogens (tertiary/aromatic N) is 2. The van der Waals surface area contributed by atoms with E-state index in [0.717, 1.165) is 0 Å². The van der Waals surface area contributed by atoms with Gasteiger partial charge >= 0.3 is 0 Å². The van der Waals surface area contributed by atoms with Crippen LogP contribution >= 0.6 is 0 Å². The molecule has 1 N–H and O–H groups in total. The van der Waals surface area contributed by atoms with Gasteiger partial charge in [0.15, 0.2) is 0 Å². The van der Waals surface area contributed by atoms with E-state index in [0.29, 0.717) is 31.9 Å². The molecule has 0 aliphatic carbocycles. The number of methoxy groups -OCH3 is 1. The van der Waals surface area contributed by atoms with Crippen LogP contribution in [0.4, 0.5) is 0 Å². The molecule has 0 spiro atoms. The molecule has 0 radical (unpaired) electrons. The molecular weight excluding hydrogens is 354 g/mol. The van der Waals surface area contributed by atoms with Gasteiger partial charge in [-0.2, -0.15) is 4.31 Å². The van der Waals surface area contributed by atoms with Gasteiger partial charge in [-0.15, -0.1) is 0 Å². The largest absolute Gasteiger partial charge is 0.497 e. The first-order valence-corrected chi connectivity index (χ1v) is 10.2. The second-order valence-corrected chi connectivity index (χ2v) is 9.47. The lowest BCUT2D eigenvalue weighted by atomic mass is 10.1. The van der Waals surface area contributed by atoms with Gasteiger partial charge in [-0.25, -0.2) is 8.42 Å². The summed E-state index contributed by atoms with van der Waals surface area (Å²) in [4.78, 5) is 14.6. The fraction of sp³-hybridized carbons (Fsp3) is 0.611. The lowest BCUT2D eigenvalue weighted by molar-refractivity contribution is -0.127. The lowest BCUT2D eigenvalue weighted by Gasteiger charge is -2.37. The average molecular weight is 384 g/mol. The van der Waals surface area contributed by atoms with E-state index in [2.05, 4.69) is 5.32 Å². The molecule has 1 aromatic rings. The Morgan fingerprint density at radius 2 is 1.65 bits per heavy atom. The molecule has 146 valence electrons. The summed E-state index contributed by atoms with van der Waals surface area (Å²) in [7, 11) is -1.99. The molecule has 7 nitrogen and oxygen atoms in total. The summed E-state index contributed by atoms with van der Waals surface area (Å²) in [6.07, 6.45) is 0. The van der Waals surface area contributed by atoms with E-state index in [1.54, 1.807) is 31.4 Å². The summed E-state index contributed by atoms with van der Waals surface area (Å²) in [5, 5.41) is 2.97. The molecule has 1 saturated heterocycles. The van der Waals surface area contributed by atoms with Gasteiger partial charge in [0.2, 0.25) is 15.9 Å². The maximum absolute atomic E-state index is 12.8. The van der Waals surface area contributed by atoms with Gasteiger partial charge in [0, 0.05) is 31.7 Å². The van der Waals surface area contributed by atoms with E-state index >= 15 is 0 Å². The van der Waals surface area contributed by atoms with Crippen LogP contribution < -0.4 is 10.1 Å². The summed E-state index contributed by atoms with van der Waals surface area (Å²) in [5.74, 6) is 0.580. The third-order valence-electron chi connectivity index (χ3n) is 4.40. The number of amides is 1. The van der Waals surface area contributed by atoms with E-state index in [1.165, 1.54) is 4.31 Å². The van der Waals surface area contributed by atoms with Gasteiger partial charge in [-0.3, -0.25) is 9.69 Å². The number of carbonyl (C=O) groups is 1. The van der Waals surface area contributed by atoms with Gasteiger partial charge in [0.1, 0.15) is 5.75 Å². The maximum atomic E-state index is 12.8. The third kappa shape index (κ3) is 4.96. The molecule has 1 aliphatic rings. The molecule has 26 heavy (non-hydrogen) atoms. The fourth-order valence-electron chi connectivity index (χ4n) is 2.87. The quantitative estimate of drug-likeness (QED) is 0.829. The van der Waals surface area contributed by atoms with Gasteiger partial charge in [-0.1, -0.05) is 0 Å². The van der Waals surface area contributed by atoms with Crippen LogP contribution in [0.1, 0.15) is 27.7 Å². The molecule has 0 bridgehead atoms. The Balaban J connectivity index is 1.99. The summed E-state index contributed by atoms with van der Waals surface area (Å²) in [6.45, 7) is 9.45. The predicted octanol–water partition coefficient (Wildman–Crippen LogP) is 1.30. The van der Waals surface area contributed by atoms with Gasteiger partial charge in [-0.05, 0) is 52.0 Å². The lowest BCUT2D eigenvalue weighted by Crippen LogP contribution is -2.56. The fourth-order valence-corrected chi connectivity index (χ4v) is 4.29. The molecule has 1 atom stereocenters. The van der Waals surface area contributed by atoms with E-state index in [9.17, 15) is 13.2 Å². The van der Waals surface area contributed by atoms with Crippen molar-refractivity contribution in [1.82, 2.24) is 14.5 Å². The normalized spacial score (nSPS) is 18.3. The van der Waals surface area contributed by atoms with Crippen molar-refractivity contribution in [2.75, 3.05) is 33.3 Å². The Labute approximate surface area is 156 Å². The van der Waals surface area contributed by atoms with E-state index < -0.39 is 10.0 Å². The van der Waals surface area contributed by atoms with Crippen molar-refractivity contribution in [2.45, 2.75) is 44.2 Å². The Morgan fingerprint density at radius 3 is 2.12 bits per heavy atom. The molecule has 0 saturated carbocycles. The average Bonchev–Trinajstić information content (AvgIpc) is 2.59. The summed E-state index contributed by atoms with van der Waals surface area (Å²) >= 11 is 0. The van der Waals surface area contributed by atoms with Crippen LogP contribution in [0, 0.1) is 0 Å². The van der Waals surface area contributed by atoms with Crippen molar-refractivity contribution in [3.05, 3.63) is 24.3 Å². The number of hydrogen-bond donors (Lipinski definition) is 1. The van der Waals surface area contributed by atoms with Gasteiger partial charge in [0.25, 0.3) is 0 Å². The molecule has 1 fully saturated rings. The van der Waals surface area contributed by atoms with Gasteiger partial charge in [0.05, 0.1) is 18.0 Å². The predicted molar refractivity (Wildman–Crippen MR) is 101 cm³/mol. The number of carbonyl (C=O) groups excluding carboxylic acids is 1. The minimum absolute atomic E-state index is 0.0380. The number of rotatable bonds is 5. The van der Waals surface area contributed by atoms with Crippen molar-refractivity contribution >= 4 is 15.9 Å². The highest BCUT2D eigenvalue weighted by molar-refractivity contribution is 7.89. The number of piperazine rings is 1. The van der Waals surface area contributed by atoms with Crippen LogP contribution in [0.2, 0.25) is 0 Å². The molecular formula is C18H29N3O4S. The molecule has 8 heteroatoms. The maximum Gasteiger partial charge on any atom is 0.243 e. The molecule has 2 rings (SSSR count). The molecule has 1 heterocycles. The molecule has 1 amide bonds. The van der Waals surface area contributed by atoms with E-state index in [4.69, 9.17) is 4.74 Å².